The topological polar surface area (TPSA) is 70.7 Å². The number of H-pyrrole nitrogens is 1. The molecule has 5 nitrogen and oxygen atoms in total. The van der Waals surface area contributed by atoms with E-state index in [4.69, 9.17) is 0 Å². The van der Waals surface area contributed by atoms with Crippen LogP contribution >= 0.6 is 0 Å². The van der Waals surface area contributed by atoms with Gasteiger partial charge in [0, 0.05) is 29.4 Å². The molecular formula is C15H14N4O. The molecule has 3 aromatic rings. The molecule has 2 heterocycles. The third-order valence-electron chi connectivity index (χ3n) is 3.06. The Morgan fingerprint density at radius 1 is 1.25 bits per heavy atom. The summed E-state index contributed by atoms with van der Waals surface area (Å²) >= 11 is 0. The second-order valence-electron chi connectivity index (χ2n) is 4.54. The Kier molecular flexibility index (Phi) is 3.41. The Morgan fingerprint density at radius 3 is 3.05 bits per heavy atom. The van der Waals surface area contributed by atoms with Gasteiger partial charge in [0.25, 0.3) is 0 Å². The molecule has 20 heavy (non-hydrogen) atoms. The van der Waals surface area contributed by atoms with Crippen molar-refractivity contribution in [1.29, 1.82) is 0 Å². The molecule has 1 amide bonds. The summed E-state index contributed by atoms with van der Waals surface area (Å²) in [6.45, 7) is 0. The van der Waals surface area contributed by atoms with E-state index < -0.39 is 0 Å². The first-order valence-corrected chi connectivity index (χ1v) is 6.44. The van der Waals surface area contributed by atoms with Crippen LogP contribution in [0.4, 0.5) is 5.69 Å². The number of aromatic nitrogens is 3. The molecule has 0 radical (unpaired) electrons. The van der Waals surface area contributed by atoms with Gasteiger partial charge in [0.15, 0.2) is 0 Å². The third kappa shape index (κ3) is 2.83. The Balaban J connectivity index is 1.61. The minimum Gasteiger partial charge on any atom is -0.326 e. The highest BCUT2D eigenvalue weighted by Gasteiger charge is 2.05. The van der Waals surface area contributed by atoms with E-state index in [9.17, 15) is 4.79 Å². The standard InChI is InChI=1S/C15H14N4O/c20-15(7-6-12-3-1-2-8-16-12)18-13-5-4-11-10-17-19-14(11)9-13/h1-5,8-10H,6-7H2,(H,17,19)(H,18,20). The molecule has 0 spiro atoms. The average Bonchev–Trinajstić information content (AvgIpc) is 2.94. The minimum absolute atomic E-state index is 0.0190. The van der Waals surface area contributed by atoms with Crippen molar-refractivity contribution in [1.82, 2.24) is 15.2 Å². The molecule has 0 aliphatic rings. The molecule has 0 saturated heterocycles. The van der Waals surface area contributed by atoms with Crippen molar-refractivity contribution in [2.24, 2.45) is 0 Å². The van der Waals surface area contributed by atoms with Gasteiger partial charge in [-0.1, -0.05) is 6.07 Å². The van der Waals surface area contributed by atoms with Crippen LogP contribution in [0, 0.1) is 0 Å². The normalized spacial score (nSPS) is 10.6. The van der Waals surface area contributed by atoms with Gasteiger partial charge in [-0.2, -0.15) is 5.10 Å². The predicted molar refractivity (Wildman–Crippen MR) is 77.3 cm³/mol. The van der Waals surface area contributed by atoms with Crippen LogP contribution in [0.15, 0.2) is 48.8 Å². The van der Waals surface area contributed by atoms with Gasteiger partial charge in [-0.3, -0.25) is 14.9 Å². The third-order valence-corrected chi connectivity index (χ3v) is 3.06. The van der Waals surface area contributed by atoms with Crippen LogP contribution in [0.25, 0.3) is 10.9 Å². The number of benzene rings is 1. The zero-order chi connectivity index (χ0) is 13.8. The molecule has 0 fully saturated rings. The number of fused-ring (bicyclic) bond motifs is 1. The summed E-state index contributed by atoms with van der Waals surface area (Å²) in [5.74, 6) is -0.0190. The first-order valence-electron chi connectivity index (χ1n) is 6.44. The van der Waals surface area contributed by atoms with E-state index in [0.717, 1.165) is 22.3 Å². The number of rotatable bonds is 4. The highest BCUT2D eigenvalue weighted by molar-refractivity contribution is 5.93. The van der Waals surface area contributed by atoms with Gasteiger partial charge in [0.05, 0.1) is 11.7 Å². The maximum absolute atomic E-state index is 11.9. The summed E-state index contributed by atoms with van der Waals surface area (Å²) in [7, 11) is 0. The van der Waals surface area contributed by atoms with E-state index in [1.54, 1.807) is 12.4 Å². The van der Waals surface area contributed by atoms with Crippen LogP contribution in [-0.4, -0.2) is 21.1 Å². The Bertz CT molecular complexity index is 721. The summed E-state index contributed by atoms with van der Waals surface area (Å²) in [6, 6.07) is 11.4. The second kappa shape index (κ2) is 5.52. The molecule has 0 bridgehead atoms. The second-order valence-corrected chi connectivity index (χ2v) is 4.54. The van der Waals surface area contributed by atoms with Crippen LogP contribution in [-0.2, 0) is 11.2 Å². The van der Waals surface area contributed by atoms with Gasteiger partial charge in [0.1, 0.15) is 0 Å². The fraction of sp³-hybridized carbons (Fsp3) is 0.133. The fourth-order valence-electron chi connectivity index (χ4n) is 2.03. The van der Waals surface area contributed by atoms with Crippen molar-refractivity contribution in [3.05, 3.63) is 54.5 Å². The van der Waals surface area contributed by atoms with Gasteiger partial charge in [-0.25, -0.2) is 0 Å². The van der Waals surface area contributed by atoms with Crippen LogP contribution in [0.1, 0.15) is 12.1 Å². The van der Waals surface area contributed by atoms with Crippen molar-refractivity contribution in [2.45, 2.75) is 12.8 Å². The number of nitrogens with zero attached hydrogens (tertiary/aromatic N) is 2. The predicted octanol–water partition coefficient (Wildman–Crippen LogP) is 2.53. The van der Waals surface area contributed by atoms with Crippen molar-refractivity contribution >= 4 is 22.5 Å². The van der Waals surface area contributed by atoms with Crippen molar-refractivity contribution < 1.29 is 4.79 Å². The van der Waals surface area contributed by atoms with Crippen LogP contribution < -0.4 is 5.32 Å². The Morgan fingerprint density at radius 2 is 2.20 bits per heavy atom. The summed E-state index contributed by atoms with van der Waals surface area (Å²) in [5.41, 5.74) is 2.60. The number of aryl methyl sites for hydroxylation is 1. The molecule has 5 heteroatoms. The lowest BCUT2D eigenvalue weighted by atomic mass is 10.2. The van der Waals surface area contributed by atoms with E-state index in [-0.39, 0.29) is 5.91 Å². The number of amides is 1. The largest absolute Gasteiger partial charge is 0.326 e. The number of nitrogens with one attached hydrogen (secondary N) is 2. The van der Waals surface area contributed by atoms with Crippen LogP contribution in [0.3, 0.4) is 0 Å². The lowest BCUT2D eigenvalue weighted by Gasteiger charge is -2.05. The molecular weight excluding hydrogens is 252 g/mol. The van der Waals surface area contributed by atoms with Gasteiger partial charge in [-0.15, -0.1) is 0 Å². The SMILES string of the molecule is O=C(CCc1ccccn1)Nc1ccc2cn[nH]c2c1. The number of anilines is 1. The van der Waals surface area contributed by atoms with Crippen molar-refractivity contribution in [3.63, 3.8) is 0 Å². The molecule has 3 rings (SSSR count). The molecule has 0 saturated carbocycles. The van der Waals surface area contributed by atoms with Gasteiger partial charge < -0.3 is 5.32 Å². The van der Waals surface area contributed by atoms with Crippen molar-refractivity contribution in [2.75, 3.05) is 5.32 Å². The molecule has 0 unspecified atom stereocenters. The maximum Gasteiger partial charge on any atom is 0.224 e. The van der Waals surface area contributed by atoms with Crippen LogP contribution in [0.5, 0.6) is 0 Å². The van der Waals surface area contributed by atoms with Gasteiger partial charge in [0.2, 0.25) is 5.91 Å². The Hall–Kier alpha value is -2.69. The number of carbonyl (C=O) groups excluding carboxylic acids is 1. The number of carbonyl (C=O) groups is 1. The lowest BCUT2D eigenvalue weighted by molar-refractivity contribution is -0.116. The van der Waals surface area contributed by atoms with E-state index in [1.807, 2.05) is 36.4 Å². The molecule has 1 aromatic carbocycles. The van der Waals surface area contributed by atoms with Crippen LogP contribution in [0.2, 0.25) is 0 Å². The molecule has 2 N–H and O–H groups in total. The minimum atomic E-state index is -0.0190. The number of hydrogen-bond acceptors (Lipinski definition) is 3. The number of hydrogen-bond donors (Lipinski definition) is 2. The smallest absolute Gasteiger partial charge is 0.224 e. The van der Waals surface area contributed by atoms with Gasteiger partial charge in [-0.05, 0) is 36.8 Å². The summed E-state index contributed by atoms with van der Waals surface area (Å²) < 4.78 is 0. The zero-order valence-corrected chi connectivity index (χ0v) is 10.8. The van der Waals surface area contributed by atoms with Gasteiger partial charge >= 0.3 is 0 Å². The molecule has 0 aliphatic heterocycles. The average molecular weight is 266 g/mol. The molecule has 0 aliphatic carbocycles. The van der Waals surface area contributed by atoms with E-state index in [0.29, 0.717) is 12.8 Å². The highest BCUT2D eigenvalue weighted by Crippen LogP contribution is 2.16. The number of aromatic amines is 1. The highest BCUT2D eigenvalue weighted by atomic mass is 16.1. The quantitative estimate of drug-likeness (QED) is 0.762. The monoisotopic (exact) mass is 266 g/mol. The fourth-order valence-corrected chi connectivity index (χ4v) is 2.03. The molecule has 2 aromatic heterocycles. The number of pyridine rings is 1. The zero-order valence-electron chi connectivity index (χ0n) is 10.8. The van der Waals surface area contributed by atoms with E-state index in [1.165, 1.54) is 0 Å². The maximum atomic E-state index is 11.9. The first-order chi connectivity index (χ1) is 9.81. The van der Waals surface area contributed by atoms with E-state index in [2.05, 4.69) is 20.5 Å². The van der Waals surface area contributed by atoms with Crippen molar-refractivity contribution in [3.8, 4) is 0 Å². The summed E-state index contributed by atoms with van der Waals surface area (Å²) in [4.78, 5) is 16.1. The van der Waals surface area contributed by atoms with E-state index >= 15 is 0 Å². The first kappa shape index (κ1) is 12.3. The molecule has 100 valence electrons. The molecule has 0 atom stereocenters. The Labute approximate surface area is 116 Å². The summed E-state index contributed by atoms with van der Waals surface area (Å²) in [5, 5.41) is 10.7. The summed E-state index contributed by atoms with van der Waals surface area (Å²) in [6.07, 6.45) is 4.54. The lowest BCUT2D eigenvalue weighted by Crippen LogP contribution is -2.12.